The minimum absolute atomic E-state index is 0.768. The van der Waals surface area contributed by atoms with Crippen molar-refractivity contribution in [1.82, 2.24) is 4.98 Å². The first kappa shape index (κ1) is 11.5. The molecule has 3 rings (SSSR count). The van der Waals surface area contributed by atoms with Crippen molar-refractivity contribution in [3.8, 4) is 22.4 Å². The van der Waals surface area contributed by atoms with E-state index < -0.39 is 0 Å². The van der Waals surface area contributed by atoms with Crippen LogP contribution < -0.4 is 5.73 Å². The number of nitrogens with two attached hydrogens (primary N) is 1. The molecule has 2 aromatic carbocycles. The molecule has 0 aliphatic rings. The van der Waals surface area contributed by atoms with E-state index in [1.54, 1.807) is 0 Å². The Balaban J connectivity index is 1.93. The summed E-state index contributed by atoms with van der Waals surface area (Å²) < 4.78 is 0. The third-order valence-corrected chi connectivity index (χ3v) is 3.08. The van der Waals surface area contributed by atoms with Crippen molar-refractivity contribution in [3.05, 3.63) is 72.9 Å². The molecule has 2 heteroatoms. The zero-order valence-electron chi connectivity index (χ0n) is 10.5. The molecule has 0 saturated heterocycles. The number of rotatable bonds is 2. The summed E-state index contributed by atoms with van der Waals surface area (Å²) in [6, 6.07) is 22.1. The SMILES string of the molecule is Nc1ccc(-c2ccc(-c3ccccc3)cn2)cc1. The summed E-state index contributed by atoms with van der Waals surface area (Å²) in [6.45, 7) is 0. The predicted molar refractivity (Wildman–Crippen MR) is 79.5 cm³/mol. The average molecular weight is 246 g/mol. The van der Waals surface area contributed by atoms with E-state index in [9.17, 15) is 0 Å². The van der Waals surface area contributed by atoms with Crippen LogP contribution in [0.5, 0.6) is 0 Å². The van der Waals surface area contributed by atoms with Gasteiger partial charge in [0.05, 0.1) is 5.69 Å². The molecule has 0 aliphatic carbocycles. The number of nitrogens with zero attached hydrogens (tertiary/aromatic N) is 1. The Morgan fingerprint density at radius 2 is 1.32 bits per heavy atom. The van der Waals surface area contributed by atoms with Gasteiger partial charge in [-0.1, -0.05) is 48.5 Å². The van der Waals surface area contributed by atoms with Gasteiger partial charge in [-0.3, -0.25) is 4.98 Å². The van der Waals surface area contributed by atoms with Crippen LogP contribution in [0, 0.1) is 0 Å². The molecule has 3 aromatic rings. The number of aromatic nitrogens is 1. The second-order valence-corrected chi connectivity index (χ2v) is 4.42. The van der Waals surface area contributed by atoms with Gasteiger partial charge in [-0.05, 0) is 23.8 Å². The van der Waals surface area contributed by atoms with Gasteiger partial charge in [0.25, 0.3) is 0 Å². The maximum absolute atomic E-state index is 5.68. The lowest BCUT2D eigenvalue weighted by Gasteiger charge is -2.04. The Labute approximate surface area is 112 Å². The minimum atomic E-state index is 0.768. The Morgan fingerprint density at radius 3 is 1.95 bits per heavy atom. The fourth-order valence-corrected chi connectivity index (χ4v) is 2.02. The van der Waals surface area contributed by atoms with E-state index in [0.29, 0.717) is 0 Å². The van der Waals surface area contributed by atoms with Gasteiger partial charge in [-0.25, -0.2) is 0 Å². The molecule has 0 saturated carbocycles. The highest BCUT2D eigenvalue weighted by molar-refractivity contribution is 5.67. The minimum Gasteiger partial charge on any atom is -0.399 e. The van der Waals surface area contributed by atoms with Gasteiger partial charge in [-0.2, -0.15) is 0 Å². The van der Waals surface area contributed by atoms with Gasteiger partial charge in [0.15, 0.2) is 0 Å². The second-order valence-electron chi connectivity index (χ2n) is 4.42. The molecular formula is C17H14N2. The first-order valence-corrected chi connectivity index (χ1v) is 6.20. The largest absolute Gasteiger partial charge is 0.399 e. The van der Waals surface area contributed by atoms with Gasteiger partial charge in [-0.15, -0.1) is 0 Å². The predicted octanol–water partition coefficient (Wildman–Crippen LogP) is 4.00. The Morgan fingerprint density at radius 1 is 0.632 bits per heavy atom. The lowest BCUT2D eigenvalue weighted by molar-refractivity contribution is 1.33. The van der Waals surface area contributed by atoms with Crippen LogP contribution in [0.3, 0.4) is 0 Å². The molecular weight excluding hydrogens is 232 g/mol. The average Bonchev–Trinajstić information content (AvgIpc) is 2.49. The van der Waals surface area contributed by atoms with E-state index in [2.05, 4.69) is 23.2 Å². The Kier molecular flexibility index (Phi) is 2.99. The monoisotopic (exact) mass is 246 g/mol. The van der Waals surface area contributed by atoms with Crippen LogP contribution in [0.2, 0.25) is 0 Å². The summed E-state index contributed by atoms with van der Waals surface area (Å²) in [5.41, 5.74) is 10.8. The summed E-state index contributed by atoms with van der Waals surface area (Å²) in [6.07, 6.45) is 1.90. The second kappa shape index (κ2) is 4.94. The molecule has 0 aliphatic heterocycles. The molecule has 0 amide bonds. The molecule has 0 spiro atoms. The molecule has 0 fully saturated rings. The van der Waals surface area contributed by atoms with E-state index in [4.69, 9.17) is 5.73 Å². The van der Waals surface area contributed by atoms with Crippen LogP contribution in [-0.2, 0) is 0 Å². The van der Waals surface area contributed by atoms with Crippen molar-refractivity contribution in [2.45, 2.75) is 0 Å². The van der Waals surface area contributed by atoms with Crippen LogP contribution >= 0.6 is 0 Å². The van der Waals surface area contributed by atoms with Crippen LogP contribution in [0.15, 0.2) is 72.9 Å². The van der Waals surface area contributed by atoms with Crippen LogP contribution in [-0.4, -0.2) is 4.98 Å². The number of pyridine rings is 1. The molecule has 19 heavy (non-hydrogen) atoms. The van der Waals surface area contributed by atoms with Crippen LogP contribution in [0.1, 0.15) is 0 Å². The lowest BCUT2D eigenvalue weighted by Crippen LogP contribution is -1.87. The van der Waals surface area contributed by atoms with E-state index in [0.717, 1.165) is 22.5 Å². The summed E-state index contributed by atoms with van der Waals surface area (Å²) >= 11 is 0. The molecule has 0 unspecified atom stereocenters. The van der Waals surface area contributed by atoms with Crippen molar-refractivity contribution in [2.75, 3.05) is 5.73 Å². The molecule has 0 bridgehead atoms. The molecule has 2 nitrogen and oxygen atoms in total. The van der Waals surface area contributed by atoms with Gasteiger partial charge in [0.2, 0.25) is 0 Å². The van der Waals surface area contributed by atoms with Crippen molar-refractivity contribution in [1.29, 1.82) is 0 Å². The van der Waals surface area contributed by atoms with Crippen molar-refractivity contribution < 1.29 is 0 Å². The van der Waals surface area contributed by atoms with Gasteiger partial charge in [0.1, 0.15) is 0 Å². The third kappa shape index (κ3) is 2.47. The summed E-state index contributed by atoms with van der Waals surface area (Å²) in [5, 5.41) is 0. The highest BCUT2D eigenvalue weighted by Gasteiger charge is 2.01. The Hall–Kier alpha value is -2.61. The first-order valence-electron chi connectivity index (χ1n) is 6.20. The fourth-order valence-electron chi connectivity index (χ4n) is 2.02. The smallest absolute Gasteiger partial charge is 0.0702 e. The summed E-state index contributed by atoms with van der Waals surface area (Å²) in [4.78, 5) is 4.51. The highest BCUT2D eigenvalue weighted by Crippen LogP contribution is 2.22. The molecule has 1 heterocycles. The topological polar surface area (TPSA) is 38.9 Å². The van der Waals surface area contributed by atoms with Crippen LogP contribution in [0.25, 0.3) is 22.4 Å². The summed E-state index contributed by atoms with van der Waals surface area (Å²) in [7, 11) is 0. The van der Waals surface area contributed by atoms with Gasteiger partial charge in [0, 0.05) is 23.0 Å². The third-order valence-electron chi connectivity index (χ3n) is 3.08. The molecule has 0 radical (unpaired) electrons. The number of hydrogen-bond donors (Lipinski definition) is 1. The van der Waals surface area contributed by atoms with E-state index in [1.165, 1.54) is 5.56 Å². The normalized spacial score (nSPS) is 10.3. The highest BCUT2D eigenvalue weighted by atomic mass is 14.7. The number of nitrogen functional groups attached to an aromatic ring is 1. The van der Waals surface area contributed by atoms with Gasteiger partial charge >= 0.3 is 0 Å². The fraction of sp³-hybridized carbons (Fsp3) is 0. The maximum Gasteiger partial charge on any atom is 0.0702 e. The molecule has 92 valence electrons. The quantitative estimate of drug-likeness (QED) is 0.694. The lowest BCUT2D eigenvalue weighted by atomic mass is 10.1. The van der Waals surface area contributed by atoms with Crippen molar-refractivity contribution >= 4 is 5.69 Å². The van der Waals surface area contributed by atoms with Gasteiger partial charge < -0.3 is 5.73 Å². The molecule has 1 aromatic heterocycles. The Bertz CT molecular complexity index is 656. The molecule has 0 atom stereocenters. The maximum atomic E-state index is 5.68. The number of hydrogen-bond acceptors (Lipinski definition) is 2. The first-order chi connectivity index (χ1) is 9.33. The van der Waals surface area contributed by atoms with Crippen LogP contribution in [0.4, 0.5) is 5.69 Å². The van der Waals surface area contributed by atoms with E-state index >= 15 is 0 Å². The van der Waals surface area contributed by atoms with Crippen molar-refractivity contribution in [2.24, 2.45) is 0 Å². The van der Waals surface area contributed by atoms with E-state index in [-0.39, 0.29) is 0 Å². The van der Waals surface area contributed by atoms with E-state index in [1.807, 2.05) is 54.7 Å². The zero-order valence-corrected chi connectivity index (χ0v) is 10.5. The standard InChI is InChI=1S/C17H14N2/c18-16-9-6-14(7-10-16)17-11-8-15(12-19-17)13-4-2-1-3-5-13/h1-12H,18H2. The van der Waals surface area contributed by atoms with Crippen molar-refractivity contribution in [3.63, 3.8) is 0 Å². The summed E-state index contributed by atoms with van der Waals surface area (Å²) in [5.74, 6) is 0. The molecule has 2 N–H and O–H groups in total. The zero-order chi connectivity index (χ0) is 13.1. The number of anilines is 1. The number of benzene rings is 2.